The summed E-state index contributed by atoms with van der Waals surface area (Å²) in [6.45, 7) is 3.21. The molecule has 34 heavy (non-hydrogen) atoms. The van der Waals surface area contributed by atoms with Gasteiger partial charge in [-0.15, -0.1) is 0 Å². The maximum atomic E-state index is 12.8. The molecular weight excluding hydrogens is 482 g/mol. The van der Waals surface area contributed by atoms with Gasteiger partial charge in [0.2, 0.25) is 5.91 Å². The zero-order valence-electron chi connectivity index (χ0n) is 18.4. The first-order valence-electron chi connectivity index (χ1n) is 10.2. The van der Waals surface area contributed by atoms with Crippen LogP contribution in [0.4, 0.5) is 10.5 Å². The van der Waals surface area contributed by atoms with Gasteiger partial charge in [-0.05, 0) is 67.1 Å². The molecule has 9 nitrogen and oxygen atoms in total. The highest BCUT2D eigenvalue weighted by Gasteiger charge is 2.36. The van der Waals surface area contributed by atoms with Crippen LogP contribution in [0.5, 0.6) is 11.5 Å². The molecule has 0 saturated carbocycles. The van der Waals surface area contributed by atoms with Gasteiger partial charge >= 0.3 is 0 Å². The molecule has 0 radical (unpaired) electrons. The minimum absolute atomic E-state index is 0.157. The normalized spacial score (nSPS) is 14.4. The molecule has 4 amide bonds. The first-order valence-corrected chi connectivity index (χ1v) is 11.4. The van der Waals surface area contributed by atoms with Gasteiger partial charge in [-0.3, -0.25) is 24.1 Å². The third-order valence-corrected chi connectivity index (χ3v) is 5.88. The van der Waals surface area contributed by atoms with Gasteiger partial charge in [-0.1, -0.05) is 23.7 Å². The zero-order chi connectivity index (χ0) is 24.8. The van der Waals surface area contributed by atoms with Crippen molar-refractivity contribution >= 4 is 58.1 Å². The molecule has 1 saturated heterocycles. The van der Waals surface area contributed by atoms with E-state index in [1.807, 2.05) is 6.92 Å². The second-order valence-corrected chi connectivity index (χ2v) is 8.57. The largest absolute Gasteiger partial charge is 0.490 e. The van der Waals surface area contributed by atoms with Crippen molar-refractivity contribution in [3.63, 3.8) is 0 Å². The van der Waals surface area contributed by atoms with E-state index in [1.54, 1.807) is 43.3 Å². The van der Waals surface area contributed by atoms with Crippen molar-refractivity contribution in [3.05, 3.63) is 57.5 Å². The standard InChI is InChI=1S/C23H22ClN3O6S/c1-3-32-18-8-14(5-7-17(18)33-12-20(25)28)9-19-22(30)27(23(31)34-19)11-21(29)26-15-6-4-13(2)16(24)10-15/h4-10H,3,11-12H2,1-2H3,(H2,25,28)(H,26,29)/b19-9-. The Morgan fingerprint density at radius 1 is 1.15 bits per heavy atom. The highest BCUT2D eigenvalue weighted by molar-refractivity contribution is 8.18. The Morgan fingerprint density at radius 3 is 2.59 bits per heavy atom. The van der Waals surface area contributed by atoms with Crippen LogP contribution in [0.1, 0.15) is 18.1 Å². The molecule has 0 atom stereocenters. The average molecular weight is 504 g/mol. The Bertz CT molecular complexity index is 1180. The maximum Gasteiger partial charge on any atom is 0.294 e. The number of amides is 4. The number of carbonyl (C=O) groups excluding carboxylic acids is 4. The Balaban J connectivity index is 1.72. The summed E-state index contributed by atoms with van der Waals surface area (Å²) in [6, 6.07) is 9.85. The molecule has 2 aromatic rings. The number of ether oxygens (including phenoxy) is 2. The number of imide groups is 1. The number of halogens is 1. The monoisotopic (exact) mass is 503 g/mol. The fraction of sp³-hybridized carbons (Fsp3) is 0.217. The minimum Gasteiger partial charge on any atom is -0.490 e. The number of anilines is 1. The van der Waals surface area contributed by atoms with Gasteiger partial charge in [-0.2, -0.15) is 0 Å². The van der Waals surface area contributed by atoms with E-state index in [0.29, 0.717) is 34.4 Å². The van der Waals surface area contributed by atoms with Gasteiger partial charge in [0.25, 0.3) is 17.1 Å². The number of nitrogens with zero attached hydrogens (tertiary/aromatic N) is 1. The molecule has 0 aromatic heterocycles. The van der Waals surface area contributed by atoms with Crippen LogP contribution in [0.3, 0.4) is 0 Å². The second-order valence-electron chi connectivity index (χ2n) is 7.17. The number of carbonyl (C=O) groups is 4. The van der Waals surface area contributed by atoms with Crippen molar-refractivity contribution in [1.82, 2.24) is 4.90 Å². The summed E-state index contributed by atoms with van der Waals surface area (Å²) in [5, 5.41) is 2.56. The lowest BCUT2D eigenvalue weighted by molar-refractivity contribution is -0.127. The third-order valence-electron chi connectivity index (χ3n) is 4.57. The van der Waals surface area contributed by atoms with Crippen LogP contribution in [-0.2, 0) is 14.4 Å². The summed E-state index contributed by atoms with van der Waals surface area (Å²) in [7, 11) is 0. The van der Waals surface area contributed by atoms with Gasteiger partial charge in [0.1, 0.15) is 6.54 Å². The van der Waals surface area contributed by atoms with E-state index in [9.17, 15) is 19.2 Å². The van der Waals surface area contributed by atoms with E-state index in [4.69, 9.17) is 26.8 Å². The van der Waals surface area contributed by atoms with Crippen LogP contribution in [-0.4, -0.2) is 47.6 Å². The predicted octanol–water partition coefficient (Wildman–Crippen LogP) is 3.59. The zero-order valence-corrected chi connectivity index (χ0v) is 20.0. The molecular formula is C23H22ClN3O6S. The third kappa shape index (κ3) is 6.30. The Hall–Kier alpha value is -3.50. The molecule has 11 heteroatoms. The summed E-state index contributed by atoms with van der Waals surface area (Å²) >= 11 is 6.80. The smallest absolute Gasteiger partial charge is 0.294 e. The summed E-state index contributed by atoms with van der Waals surface area (Å²) in [5.41, 5.74) is 7.00. The average Bonchev–Trinajstić information content (AvgIpc) is 3.03. The molecule has 1 aliphatic heterocycles. The number of hydrogen-bond donors (Lipinski definition) is 2. The molecule has 3 N–H and O–H groups in total. The number of rotatable bonds is 9. The second kappa shape index (κ2) is 11.1. The highest BCUT2D eigenvalue weighted by atomic mass is 35.5. The van der Waals surface area contributed by atoms with Crippen LogP contribution in [0.2, 0.25) is 5.02 Å². The summed E-state index contributed by atoms with van der Waals surface area (Å²) in [4.78, 5) is 49.6. The molecule has 1 aliphatic rings. The predicted molar refractivity (Wildman–Crippen MR) is 130 cm³/mol. The van der Waals surface area contributed by atoms with E-state index in [2.05, 4.69) is 5.32 Å². The molecule has 0 spiro atoms. The lowest BCUT2D eigenvalue weighted by Crippen LogP contribution is -2.36. The van der Waals surface area contributed by atoms with E-state index >= 15 is 0 Å². The first kappa shape index (κ1) is 25.1. The number of benzene rings is 2. The SMILES string of the molecule is CCOc1cc(/C=C2\SC(=O)N(CC(=O)Nc3ccc(C)c(Cl)c3)C2=O)ccc1OCC(N)=O. The minimum atomic E-state index is -0.630. The Morgan fingerprint density at radius 2 is 1.91 bits per heavy atom. The molecule has 0 unspecified atom stereocenters. The number of nitrogens with one attached hydrogen (secondary N) is 1. The quantitative estimate of drug-likeness (QED) is 0.500. The van der Waals surface area contributed by atoms with E-state index in [1.165, 1.54) is 6.08 Å². The molecule has 2 aromatic carbocycles. The van der Waals surface area contributed by atoms with Gasteiger partial charge in [-0.25, -0.2) is 0 Å². The lowest BCUT2D eigenvalue weighted by atomic mass is 10.2. The summed E-state index contributed by atoms with van der Waals surface area (Å²) in [6.07, 6.45) is 1.52. The summed E-state index contributed by atoms with van der Waals surface area (Å²) < 4.78 is 10.9. The van der Waals surface area contributed by atoms with Crippen molar-refractivity contribution in [2.75, 3.05) is 25.1 Å². The molecule has 1 fully saturated rings. The van der Waals surface area contributed by atoms with Crippen molar-refractivity contribution in [2.24, 2.45) is 5.73 Å². The van der Waals surface area contributed by atoms with Crippen LogP contribution >= 0.6 is 23.4 Å². The molecule has 3 rings (SSSR count). The van der Waals surface area contributed by atoms with Crippen molar-refractivity contribution in [1.29, 1.82) is 0 Å². The van der Waals surface area contributed by atoms with Gasteiger partial charge < -0.3 is 20.5 Å². The van der Waals surface area contributed by atoms with E-state index in [-0.39, 0.29) is 11.5 Å². The summed E-state index contributed by atoms with van der Waals surface area (Å²) in [5.74, 6) is -1.07. The molecule has 1 heterocycles. The van der Waals surface area contributed by atoms with E-state index < -0.39 is 29.5 Å². The van der Waals surface area contributed by atoms with Crippen molar-refractivity contribution < 1.29 is 28.7 Å². The number of hydrogen-bond acceptors (Lipinski definition) is 7. The van der Waals surface area contributed by atoms with Crippen LogP contribution in [0.15, 0.2) is 41.3 Å². The van der Waals surface area contributed by atoms with Crippen molar-refractivity contribution in [2.45, 2.75) is 13.8 Å². The maximum absolute atomic E-state index is 12.8. The molecule has 0 aliphatic carbocycles. The first-order chi connectivity index (χ1) is 16.2. The number of thioether (sulfide) groups is 1. The van der Waals surface area contributed by atoms with Crippen molar-refractivity contribution in [3.8, 4) is 11.5 Å². The lowest BCUT2D eigenvalue weighted by Gasteiger charge is -2.13. The van der Waals surface area contributed by atoms with E-state index in [0.717, 1.165) is 22.2 Å². The fourth-order valence-corrected chi connectivity index (χ4v) is 3.97. The number of aryl methyl sites for hydroxylation is 1. The van der Waals surface area contributed by atoms with Gasteiger partial charge in [0.15, 0.2) is 18.1 Å². The molecule has 0 bridgehead atoms. The van der Waals surface area contributed by atoms with Gasteiger partial charge in [0.05, 0.1) is 11.5 Å². The molecule has 178 valence electrons. The van der Waals surface area contributed by atoms with Gasteiger partial charge in [0, 0.05) is 10.7 Å². The topological polar surface area (TPSA) is 128 Å². The highest BCUT2D eigenvalue weighted by Crippen LogP contribution is 2.34. The van der Waals surface area contributed by atoms with Crippen LogP contribution in [0, 0.1) is 6.92 Å². The Kier molecular flexibility index (Phi) is 8.19. The van der Waals surface area contributed by atoms with Crippen LogP contribution < -0.4 is 20.5 Å². The number of primary amides is 1. The Labute approximate surface area is 205 Å². The van der Waals surface area contributed by atoms with Crippen LogP contribution in [0.25, 0.3) is 6.08 Å². The fourth-order valence-electron chi connectivity index (χ4n) is 2.95. The number of nitrogens with two attached hydrogens (primary N) is 1.